The first kappa shape index (κ1) is 58.7. The molecule has 0 radical (unpaired) electrons. The minimum atomic E-state index is -0.266. The van der Waals surface area contributed by atoms with E-state index in [-0.39, 0.29) is 29.9 Å². The van der Waals surface area contributed by atoms with Crippen molar-refractivity contribution in [2.45, 2.75) is 62.5 Å². The molecule has 0 aliphatic carbocycles. The third kappa shape index (κ3) is 11.4. The Balaban J connectivity index is 0.000000143. The molecule has 0 amide bonds. The highest BCUT2D eigenvalue weighted by atomic mass is 35.5. The Kier molecular flexibility index (Phi) is 18.3. The van der Waals surface area contributed by atoms with Crippen molar-refractivity contribution in [2.75, 3.05) is 35.8 Å². The summed E-state index contributed by atoms with van der Waals surface area (Å²) in [5.74, 6) is -0.266. The minimum Gasteiger partial charge on any atom is -0.337 e. The largest absolute Gasteiger partial charge is 0.337 e. The lowest BCUT2D eigenvalue weighted by Gasteiger charge is -2.13. The van der Waals surface area contributed by atoms with Gasteiger partial charge in [-0.3, -0.25) is 28.1 Å². The fourth-order valence-electron chi connectivity index (χ4n) is 8.75. The third-order valence-corrected chi connectivity index (χ3v) is 23.5. The Labute approximate surface area is 502 Å². The molecular formula is C55H55Cl2FN9O3S9+3. The van der Waals surface area contributed by atoms with E-state index in [1.807, 2.05) is 165 Å². The lowest BCUT2D eigenvalue weighted by atomic mass is 10.3. The van der Waals surface area contributed by atoms with E-state index in [0.717, 1.165) is 79.2 Å². The van der Waals surface area contributed by atoms with Crippen LogP contribution in [0.3, 0.4) is 0 Å². The number of thioether (sulfide) groups is 3. The van der Waals surface area contributed by atoms with E-state index in [1.165, 1.54) is 29.2 Å². The molecule has 0 spiro atoms. The molecule has 24 heteroatoms. The zero-order chi connectivity index (χ0) is 55.3. The van der Waals surface area contributed by atoms with E-state index in [1.54, 1.807) is 95.7 Å². The van der Waals surface area contributed by atoms with Crippen LogP contribution >= 0.6 is 127 Å². The Bertz CT molecular complexity index is 4230. The third-order valence-electron chi connectivity index (χ3n) is 12.9. The zero-order valence-electron chi connectivity index (χ0n) is 43.6. The van der Waals surface area contributed by atoms with E-state index >= 15 is 0 Å². The predicted octanol–water partition coefficient (Wildman–Crippen LogP) is 7.94. The Morgan fingerprint density at radius 3 is 1.32 bits per heavy atom. The van der Waals surface area contributed by atoms with E-state index < -0.39 is 0 Å². The average molecular weight is 1270 g/mol. The summed E-state index contributed by atoms with van der Waals surface area (Å²) in [6, 6.07) is 16.7. The number of benzene rings is 3. The van der Waals surface area contributed by atoms with E-state index in [9.17, 15) is 18.8 Å². The van der Waals surface area contributed by atoms with Gasteiger partial charge in [0.05, 0.1) is 56.5 Å². The zero-order valence-corrected chi connectivity index (χ0v) is 52.4. The highest BCUT2D eigenvalue weighted by Crippen LogP contribution is 2.49. The van der Waals surface area contributed by atoms with Crippen molar-refractivity contribution in [1.29, 1.82) is 0 Å². The summed E-state index contributed by atoms with van der Waals surface area (Å²) in [5.41, 5.74) is 2.70. The van der Waals surface area contributed by atoms with Gasteiger partial charge in [-0.15, -0.1) is 34.0 Å². The van der Waals surface area contributed by atoms with Crippen LogP contribution in [0.1, 0.15) is 43.2 Å². The number of thiazole rings is 6. The Morgan fingerprint density at radius 2 is 0.924 bits per heavy atom. The summed E-state index contributed by atoms with van der Waals surface area (Å²) in [4.78, 5) is 48.0. The topological polar surface area (TPSA) is 87.4 Å². The molecular weight excluding hydrogens is 1210 g/mol. The predicted molar refractivity (Wildman–Crippen MR) is 337 cm³/mol. The van der Waals surface area contributed by atoms with Crippen LogP contribution in [0.25, 0.3) is 33.3 Å². The Morgan fingerprint density at radius 1 is 0.532 bits per heavy atom. The molecule has 0 bridgehead atoms. The molecule has 6 aromatic heterocycles. The number of fused-ring (bicyclic) bond motifs is 3. The summed E-state index contributed by atoms with van der Waals surface area (Å²) in [6.07, 6.45) is 12.3. The number of aryl methyl sites for hydroxylation is 3. The van der Waals surface area contributed by atoms with Crippen molar-refractivity contribution in [3.8, 4) is 0 Å². The van der Waals surface area contributed by atoms with Crippen LogP contribution in [0.15, 0.2) is 118 Å². The summed E-state index contributed by atoms with van der Waals surface area (Å²) in [7, 11) is 11.8. The maximum atomic E-state index is 14.2. The van der Waals surface area contributed by atoms with Gasteiger partial charge in [0.1, 0.15) is 69.6 Å². The van der Waals surface area contributed by atoms with Gasteiger partial charge in [-0.1, -0.05) is 112 Å². The molecule has 3 aliphatic rings. The molecule has 0 saturated carbocycles. The van der Waals surface area contributed by atoms with Gasteiger partial charge in [0.15, 0.2) is 18.6 Å². The van der Waals surface area contributed by atoms with Crippen LogP contribution in [-0.4, -0.2) is 34.8 Å². The van der Waals surface area contributed by atoms with E-state index in [2.05, 4.69) is 26.2 Å². The molecule has 3 aliphatic heterocycles. The van der Waals surface area contributed by atoms with Crippen molar-refractivity contribution < 1.29 is 18.1 Å². The standard InChI is InChI=1S/2C18H17ClN3OS3.C18H17FN3OS3.CH4/c1-4-22-15(10-14-20(2)7-8-24-14)26-16(17(22)23)18-21(3)12-6-5-11(19)9-13(12)25-18;2*1-4-22-14(10-13-20(2)8-9-24-13)26-16(17(22)23)18-21(3)15-11(19)6-5-7-12(15)25-18;/h3*5-10H,4H2,1-3H3;1H4/q3*+1;/b3*18-16+;. The van der Waals surface area contributed by atoms with Crippen LogP contribution in [0.4, 0.5) is 21.5 Å². The first-order valence-electron chi connectivity index (χ1n) is 24.3. The molecule has 0 fully saturated rings. The van der Waals surface area contributed by atoms with Crippen LogP contribution in [0, 0.1) is 5.82 Å². The lowest BCUT2D eigenvalue weighted by molar-refractivity contribution is -0.668. The minimum absolute atomic E-state index is 0. The molecule has 3 aromatic carbocycles. The molecule has 0 unspecified atom stereocenters. The molecule has 410 valence electrons. The second-order valence-electron chi connectivity index (χ2n) is 17.6. The first-order valence-corrected chi connectivity index (χ1v) is 32.6. The molecule has 79 heavy (non-hydrogen) atoms. The number of anilines is 3. The highest BCUT2D eigenvalue weighted by Gasteiger charge is 2.30. The number of para-hydroxylation sites is 2. The number of hydrogen-bond acceptors (Lipinski definition) is 15. The van der Waals surface area contributed by atoms with Gasteiger partial charge >= 0.3 is 0 Å². The SMILES string of the molecule is C.CCn1c(=O)/c(=C2\Sc3cc(Cl)ccc3N2C)s/c1=C\c1scc[n+]1C.CCn1c(=O)/c(=C2\Sc3cccc(Cl)c3N2C)s/c1=C\c1scc[n+]1C.CCn1c(=O)/c(=C2\Sc3cccc(F)c3N2C)s/c1=C\c1scc[n+]1C. The number of hydrogen-bond donors (Lipinski definition) is 0. The summed E-state index contributed by atoms with van der Waals surface area (Å²) in [5, 5.41) is 13.5. The van der Waals surface area contributed by atoms with E-state index in [4.69, 9.17) is 23.2 Å². The van der Waals surface area contributed by atoms with Crippen molar-refractivity contribution >= 4 is 177 Å². The van der Waals surface area contributed by atoms with Crippen LogP contribution < -0.4 is 72.7 Å². The molecule has 12 nitrogen and oxygen atoms in total. The first-order chi connectivity index (χ1) is 37.5. The summed E-state index contributed by atoms with van der Waals surface area (Å²) in [6.45, 7) is 7.87. The van der Waals surface area contributed by atoms with Gasteiger partial charge in [-0.25, -0.2) is 4.39 Å². The van der Waals surface area contributed by atoms with Crippen LogP contribution in [-0.2, 0) is 40.8 Å². The molecule has 9 aromatic rings. The normalized spacial score (nSPS) is 16.3. The lowest BCUT2D eigenvalue weighted by Crippen LogP contribution is -2.34. The fourth-order valence-corrected chi connectivity index (χ4v) is 19.4. The number of aromatic nitrogens is 6. The molecule has 9 heterocycles. The van der Waals surface area contributed by atoms with Gasteiger partial charge in [-0.2, -0.15) is 13.7 Å². The molecule has 0 saturated heterocycles. The van der Waals surface area contributed by atoms with Gasteiger partial charge in [-0.05, 0) is 63.2 Å². The van der Waals surface area contributed by atoms with Gasteiger partial charge in [0, 0.05) is 60.5 Å². The Hall–Kier alpha value is -4.98. The fraction of sp³-hybridized carbons (Fsp3) is 0.236. The second-order valence-corrected chi connectivity index (χ2v) is 27.4. The maximum absolute atomic E-state index is 14.2. The molecule has 12 rings (SSSR count). The van der Waals surface area contributed by atoms with Gasteiger partial charge < -0.3 is 14.7 Å². The van der Waals surface area contributed by atoms with Crippen molar-refractivity contribution in [3.63, 3.8) is 0 Å². The summed E-state index contributed by atoms with van der Waals surface area (Å²) < 4.78 is 30.9. The second kappa shape index (κ2) is 24.6. The van der Waals surface area contributed by atoms with Crippen molar-refractivity contribution in [1.82, 2.24) is 13.7 Å². The number of halogens is 3. The van der Waals surface area contributed by atoms with Gasteiger partial charge in [0.2, 0.25) is 0 Å². The van der Waals surface area contributed by atoms with Gasteiger partial charge in [0.25, 0.3) is 31.7 Å². The van der Waals surface area contributed by atoms with Crippen LogP contribution in [0.5, 0.6) is 0 Å². The average Bonchev–Trinajstić information content (AvgIpc) is 4.51. The van der Waals surface area contributed by atoms with Crippen LogP contribution in [0.2, 0.25) is 10.0 Å². The van der Waals surface area contributed by atoms with E-state index in [0.29, 0.717) is 39.9 Å². The maximum Gasteiger partial charge on any atom is 0.271 e. The molecule has 0 N–H and O–H groups in total. The number of rotatable bonds is 6. The monoisotopic (exact) mass is 1270 g/mol. The van der Waals surface area contributed by atoms with Crippen molar-refractivity contribution in [3.05, 3.63) is 179 Å². The van der Waals surface area contributed by atoms with Crippen molar-refractivity contribution in [2.24, 2.45) is 21.1 Å². The summed E-state index contributed by atoms with van der Waals surface area (Å²) >= 11 is 26.7. The smallest absolute Gasteiger partial charge is 0.271 e. The number of nitrogens with zero attached hydrogens (tertiary/aromatic N) is 9. The highest BCUT2D eigenvalue weighted by molar-refractivity contribution is 8.09. The molecule has 0 atom stereocenters. The quantitative estimate of drug-likeness (QED) is 0.154.